The van der Waals surface area contributed by atoms with Crippen LogP contribution in [0.4, 0.5) is 0 Å². The summed E-state index contributed by atoms with van der Waals surface area (Å²) >= 11 is 0. The lowest BCUT2D eigenvalue weighted by molar-refractivity contribution is -0.544. The zero-order valence-corrected chi connectivity index (χ0v) is 58.4. The first-order chi connectivity index (χ1) is 48.3. The van der Waals surface area contributed by atoms with Gasteiger partial charge in [-0.1, -0.05) is 0 Å². The predicted octanol–water partition coefficient (Wildman–Crippen LogP) is -2.74. The van der Waals surface area contributed by atoms with Crippen molar-refractivity contribution in [1.82, 2.24) is 77.2 Å². The first-order valence-corrected chi connectivity index (χ1v) is 32.7. The van der Waals surface area contributed by atoms with Gasteiger partial charge in [-0.25, -0.2) is 44.5 Å². The fraction of sp³-hybridized carbons (Fsp3) is 0.388. The van der Waals surface area contributed by atoms with Gasteiger partial charge in [0.25, 0.3) is 28.2 Å². The Labute approximate surface area is 574 Å². The predicted molar refractivity (Wildman–Crippen MR) is 377 cm³/mol. The fourth-order valence-corrected chi connectivity index (χ4v) is 11.3. The maximum atomic E-state index is 13.0. The number of aromatic amines is 2. The molecule has 532 valence electrons. The number of hydrogen-bond acceptors (Lipinski definition) is 21. The highest BCUT2D eigenvalue weighted by Gasteiger charge is 2.26. The summed E-state index contributed by atoms with van der Waals surface area (Å²) in [7, 11) is 3.20. The van der Waals surface area contributed by atoms with Crippen LogP contribution in [0.25, 0.3) is 90.2 Å². The number of aromatic nitrogens is 16. The molecule has 8 heterocycles. The van der Waals surface area contributed by atoms with Crippen molar-refractivity contribution in [3.63, 3.8) is 0 Å². The number of methoxy groups -OCH3 is 2. The second-order valence-electron chi connectivity index (χ2n) is 24.1. The van der Waals surface area contributed by atoms with Crippen molar-refractivity contribution in [2.75, 3.05) is 80.0 Å². The maximum Gasteiger partial charge on any atom is 0.352 e. The SMILES string of the molecule is COCCn1c2nc(=O)n(CC[NH2+]C(=N)N)c(=O)c-2nc2cc(C)c(C)cc21.COCCn1c2nc(=O)n(CC[NH3+])c(=O)c-2nc2cc(C)c(C)cc21.Cc1cc2nc3c(=O)[nH]c(=O)nc-3n(CCOCCOCC[NH3+])c2cc1C.Cc1cc2nc3c(=O)[nH]c(=O)nc-3n(CC[NH3+])c2cc1C. The molecule has 0 aliphatic carbocycles. The highest BCUT2D eigenvalue weighted by Crippen LogP contribution is 2.28. The van der Waals surface area contributed by atoms with Crippen LogP contribution in [0.2, 0.25) is 0 Å². The van der Waals surface area contributed by atoms with Gasteiger partial charge >= 0.3 is 22.8 Å². The Morgan fingerprint density at radius 1 is 0.406 bits per heavy atom. The summed E-state index contributed by atoms with van der Waals surface area (Å²) in [6.07, 6.45) is 0. The van der Waals surface area contributed by atoms with Crippen LogP contribution in [0.5, 0.6) is 0 Å². The Balaban J connectivity index is 0.000000158. The van der Waals surface area contributed by atoms with E-state index in [1.807, 2.05) is 122 Å². The van der Waals surface area contributed by atoms with Crippen LogP contribution in [0.3, 0.4) is 0 Å². The molecule has 0 spiro atoms. The van der Waals surface area contributed by atoms with Gasteiger partial charge in [0.2, 0.25) is 0 Å². The number of guanidine groups is 1. The van der Waals surface area contributed by atoms with Crippen LogP contribution in [0.15, 0.2) is 86.9 Å². The van der Waals surface area contributed by atoms with Crippen molar-refractivity contribution in [3.05, 3.63) is 176 Å². The van der Waals surface area contributed by atoms with Crippen LogP contribution in [0, 0.1) is 60.8 Å². The Morgan fingerprint density at radius 2 is 0.723 bits per heavy atom. The molecule has 0 unspecified atom stereocenters. The highest BCUT2D eigenvalue weighted by molar-refractivity contribution is 5.84. The summed E-state index contributed by atoms with van der Waals surface area (Å²) in [5.74, 6) is 0.999. The molecule has 34 nitrogen and oxygen atoms in total. The molecule has 0 atom stereocenters. The number of benzene rings is 4. The molecule has 101 heavy (non-hydrogen) atoms. The minimum atomic E-state index is -0.686. The monoisotopic (exact) mass is 1390 g/mol. The molecule has 4 aromatic carbocycles. The fourth-order valence-electron chi connectivity index (χ4n) is 11.3. The first-order valence-electron chi connectivity index (χ1n) is 32.7. The Kier molecular flexibility index (Phi) is 24.2. The zero-order valence-electron chi connectivity index (χ0n) is 58.4. The van der Waals surface area contributed by atoms with Gasteiger partial charge in [-0.3, -0.25) is 43.6 Å². The summed E-state index contributed by atoms with van der Waals surface area (Å²) in [6, 6.07) is 15.7. The average molecular weight is 1390 g/mol. The number of rotatable bonds is 21. The summed E-state index contributed by atoms with van der Waals surface area (Å²) in [5, 5.41) is 8.67. The van der Waals surface area contributed by atoms with E-state index in [9.17, 15) is 38.4 Å². The van der Waals surface area contributed by atoms with Gasteiger partial charge in [0.1, 0.15) is 6.54 Å². The minimum Gasteiger partial charge on any atom is -0.383 e. The Hall–Kier alpha value is -10.9. The van der Waals surface area contributed by atoms with E-state index in [4.69, 9.17) is 30.1 Å². The summed E-state index contributed by atoms with van der Waals surface area (Å²) in [6.45, 7) is 23.1. The summed E-state index contributed by atoms with van der Waals surface area (Å²) < 4.78 is 30.8. The normalized spacial score (nSPS) is 11.5. The molecule has 0 bridgehead atoms. The minimum absolute atomic E-state index is 0.0882. The molecular formula is C67H86N22O12+4. The number of aryl methyl sites for hydroxylation is 8. The van der Waals surface area contributed by atoms with Gasteiger partial charge in [-0.05, 0) is 148 Å². The van der Waals surface area contributed by atoms with Gasteiger partial charge in [0, 0.05) is 33.9 Å². The molecule has 0 saturated heterocycles. The molecule has 8 aliphatic heterocycles. The topological polar surface area (TPSA) is 487 Å². The molecule has 0 saturated carbocycles. The Morgan fingerprint density at radius 3 is 1.08 bits per heavy atom. The number of nitrogens with one attached hydrogen (secondary N) is 3. The van der Waals surface area contributed by atoms with Gasteiger partial charge in [0.05, 0.1) is 123 Å². The molecule has 8 aliphatic rings. The molecular weight excluding hydrogens is 1300 g/mol. The molecule has 0 fully saturated rings. The van der Waals surface area contributed by atoms with Crippen molar-refractivity contribution in [2.24, 2.45) is 5.73 Å². The maximum absolute atomic E-state index is 13.0. The number of nitrogens with two attached hydrogens (primary N) is 2. The van der Waals surface area contributed by atoms with Gasteiger partial charge < -0.3 is 60.2 Å². The molecule has 4 aromatic rings. The van der Waals surface area contributed by atoms with E-state index < -0.39 is 45.0 Å². The van der Waals surface area contributed by atoms with Gasteiger partial charge in [-0.2, -0.15) is 19.9 Å². The van der Waals surface area contributed by atoms with Gasteiger partial charge in [-0.15, -0.1) is 0 Å². The number of nitrogens with zero attached hydrogens (tertiary/aromatic N) is 14. The van der Waals surface area contributed by atoms with Crippen molar-refractivity contribution in [1.29, 1.82) is 5.41 Å². The molecule has 34 heteroatoms. The molecule has 0 radical (unpaired) electrons. The Bertz CT molecular complexity index is 5440. The van der Waals surface area contributed by atoms with Crippen LogP contribution in [0.1, 0.15) is 44.5 Å². The number of ether oxygens (including phenoxy) is 4. The largest absolute Gasteiger partial charge is 0.383 e. The lowest BCUT2D eigenvalue weighted by Crippen LogP contribution is -2.91. The standard InChI is InChI=1S/C18H23N7O3.C18H23N5O4.C17H21N5O3.C14H15N5O2/c1-10-8-12-13(9-11(10)2)24(6-7-28-3)15-14(22-12)16(26)25(18(27)23-15)5-4-21-17(19)20;1-11-9-13-14(10-12(11)2)23(4-6-27-8-7-26-5-3-19)16-15(20-13)17(24)22-18(25)21-16;1-10-8-12-13(9-11(10)2)21(6-7-25-3)15-14(19-12)16(23)22(5-4-18)17(24)20-15;1-7-5-9-10(6-8(7)2)19(4-3-15)12-11(16-9)13(20)18-14(21)17-12/h8-9H,4-7H2,1-3H3,(H4,19,20,21);9-10H,3-8,19H2,1-2H3,(H,22,24,25);8-9H,4-7,18H2,1-3H3;5-6H,3-4,15H2,1-2H3,(H,18,20,21)/p+4. The van der Waals surface area contributed by atoms with Crippen LogP contribution >= 0.6 is 0 Å². The zero-order chi connectivity index (χ0) is 73.1. The molecule has 12 rings (SSSR count). The highest BCUT2D eigenvalue weighted by atomic mass is 16.5. The van der Waals surface area contributed by atoms with Crippen molar-refractivity contribution in [3.8, 4) is 46.1 Å². The second-order valence-corrected chi connectivity index (χ2v) is 24.1. The van der Waals surface area contributed by atoms with Gasteiger partial charge in [0.15, 0.2) is 46.1 Å². The smallest absolute Gasteiger partial charge is 0.352 e. The quantitative estimate of drug-likeness (QED) is 0.0157. The summed E-state index contributed by atoms with van der Waals surface area (Å²) in [5.41, 5.74) is 27.4. The molecule has 0 aromatic heterocycles. The van der Waals surface area contributed by atoms with E-state index >= 15 is 0 Å². The third-order valence-corrected chi connectivity index (χ3v) is 17.0. The van der Waals surface area contributed by atoms with E-state index in [1.54, 1.807) is 14.2 Å². The van der Waals surface area contributed by atoms with E-state index in [0.29, 0.717) is 113 Å². The average Bonchev–Trinajstić information content (AvgIpc) is 0.694. The number of fused-ring (bicyclic) bond motifs is 8. The van der Waals surface area contributed by atoms with Crippen molar-refractivity contribution < 1.29 is 41.5 Å². The third kappa shape index (κ3) is 16.6. The van der Waals surface area contributed by atoms with E-state index in [0.717, 1.165) is 82.3 Å². The van der Waals surface area contributed by atoms with E-state index in [1.165, 1.54) is 5.32 Å². The lowest BCUT2D eigenvalue weighted by atomic mass is 10.1. The molecule has 16 N–H and O–H groups in total. The van der Waals surface area contributed by atoms with E-state index in [2.05, 4.69) is 67.0 Å². The van der Waals surface area contributed by atoms with Crippen molar-refractivity contribution >= 4 is 50.1 Å². The summed E-state index contributed by atoms with van der Waals surface area (Å²) in [4.78, 5) is 136. The van der Waals surface area contributed by atoms with Crippen LogP contribution in [-0.4, -0.2) is 163 Å². The second kappa shape index (κ2) is 32.9. The third-order valence-electron chi connectivity index (χ3n) is 17.0. The van der Waals surface area contributed by atoms with Crippen LogP contribution in [-0.2, 0) is 58.2 Å². The number of H-pyrrole nitrogens is 2. The first kappa shape index (κ1) is 74.4. The van der Waals surface area contributed by atoms with Crippen molar-refractivity contribution in [2.45, 2.75) is 94.7 Å². The van der Waals surface area contributed by atoms with E-state index in [-0.39, 0.29) is 60.0 Å². The van der Waals surface area contributed by atoms with Crippen LogP contribution < -0.4 is 73.2 Å². The lowest BCUT2D eigenvalue weighted by Gasteiger charge is -2.18. The number of hydrogen-bond donors (Lipinski definition) is 8. The number of quaternary nitrogens is 4. The molecule has 0 amide bonds.